The van der Waals surface area contributed by atoms with Crippen molar-refractivity contribution < 1.29 is 26.3 Å². The fourth-order valence-corrected chi connectivity index (χ4v) is 5.30. The zero-order valence-electron chi connectivity index (χ0n) is 15.0. The Balaban J connectivity index is 1.96. The number of hydrogen-bond acceptors (Lipinski definition) is 6. The molecule has 1 N–H and O–H groups in total. The molecule has 0 radical (unpaired) electrons. The van der Waals surface area contributed by atoms with Crippen LogP contribution in [0.1, 0.15) is 0 Å². The number of ether oxygens (including phenoxy) is 2. The molecule has 1 heterocycles. The molecule has 1 aliphatic heterocycles. The van der Waals surface area contributed by atoms with E-state index in [9.17, 15) is 16.8 Å². The summed E-state index contributed by atoms with van der Waals surface area (Å²) in [4.78, 5) is -0.0515. The van der Waals surface area contributed by atoms with E-state index in [4.69, 9.17) is 21.1 Å². The van der Waals surface area contributed by atoms with Gasteiger partial charge < -0.3 is 9.47 Å². The van der Waals surface area contributed by atoms with Crippen molar-refractivity contribution in [2.24, 2.45) is 0 Å². The summed E-state index contributed by atoms with van der Waals surface area (Å²) in [6.45, 7) is 1.09. The minimum absolute atomic E-state index is 0.0135. The van der Waals surface area contributed by atoms with E-state index in [0.717, 1.165) is 0 Å². The van der Waals surface area contributed by atoms with Crippen LogP contribution in [0.3, 0.4) is 0 Å². The van der Waals surface area contributed by atoms with Crippen LogP contribution in [0.4, 0.5) is 5.69 Å². The second-order valence-corrected chi connectivity index (χ2v) is 9.99. The third kappa shape index (κ3) is 4.41. The van der Waals surface area contributed by atoms with Crippen molar-refractivity contribution in [1.29, 1.82) is 0 Å². The largest absolute Gasteiger partial charge is 0.495 e. The summed E-state index contributed by atoms with van der Waals surface area (Å²) >= 11 is 5.80. The SMILES string of the molecule is COc1ccc(S(=O)(=O)N2CCOCC2)cc1NS(=O)(=O)c1ccc(Cl)cc1. The van der Waals surface area contributed by atoms with Crippen LogP contribution in [0.15, 0.2) is 52.3 Å². The molecule has 8 nitrogen and oxygen atoms in total. The lowest BCUT2D eigenvalue weighted by Crippen LogP contribution is -2.40. The first kappa shape index (κ1) is 20.9. The van der Waals surface area contributed by atoms with Crippen LogP contribution in [0.2, 0.25) is 5.02 Å². The Bertz CT molecular complexity index is 1050. The fourth-order valence-electron chi connectivity index (χ4n) is 2.68. The van der Waals surface area contributed by atoms with Crippen LogP contribution >= 0.6 is 11.6 Å². The van der Waals surface area contributed by atoms with E-state index >= 15 is 0 Å². The number of benzene rings is 2. The van der Waals surface area contributed by atoms with Gasteiger partial charge in [-0.2, -0.15) is 4.31 Å². The number of sulfonamides is 2. The second-order valence-electron chi connectivity index (χ2n) is 5.94. The van der Waals surface area contributed by atoms with Crippen molar-refractivity contribution in [3.8, 4) is 5.75 Å². The molecule has 0 aromatic heterocycles. The first-order chi connectivity index (χ1) is 13.2. The Morgan fingerprint density at radius 2 is 1.61 bits per heavy atom. The summed E-state index contributed by atoms with van der Waals surface area (Å²) in [6, 6.07) is 9.64. The number of rotatable bonds is 6. The van der Waals surface area contributed by atoms with Gasteiger partial charge in [0.1, 0.15) is 5.75 Å². The van der Waals surface area contributed by atoms with Crippen LogP contribution in [0.25, 0.3) is 0 Å². The molecule has 0 unspecified atom stereocenters. The normalized spacial score (nSPS) is 15.9. The molecular formula is C17H19ClN2O6S2. The van der Waals surface area contributed by atoms with E-state index in [1.54, 1.807) is 0 Å². The number of nitrogens with one attached hydrogen (secondary N) is 1. The zero-order valence-corrected chi connectivity index (χ0v) is 17.3. The zero-order chi connectivity index (χ0) is 20.4. The maximum absolute atomic E-state index is 12.8. The third-order valence-corrected chi connectivity index (χ3v) is 7.68. The molecule has 152 valence electrons. The molecule has 0 atom stereocenters. The standard InChI is InChI=1S/C17H19ClN2O6S2/c1-25-17-7-6-15(28(23,24)20-8-10-26-11-9-20)12-16(17)19-27(21,22)14-4-2-13(18)3-5-14/h2-7,12,19H,8-11H2,1H3. The number of halogens is 1. The number of nitrogens with zero attached hydrogens (tertiary/aromatic N) is 1. The Labute approximate surface area is 169 Å². The maximum Gasteiger partial charge on any atom is 0.262 e. The average Bonchev–Trinajstić information content (AvgIpc) is 2.68. The van der Waals surface area contributed by atoms with Crippen LogP contribution in [0, 0.1) is 0 Å². The van der Waals surface area contributed by atoms with Gasteiger partial charge in [0.2, 0.25) is 10.0 Å². The topological polar surface area (TPSA) is 102 Å². The Morgan fingerprint density at radius 1 is 1.00 bits per heavy atom. The molecule has 1 aliphatic rings. The van der Waals surface area contributed by atoms with Crippen molar-refractivity contribution in [3.05, 3.63) is 47.5 Å². The van der Waals surface area contributed by atoms with Crippen molar-refractivity contribution in [3.63, 3.8) is 0 Å². The van der Waals surface area contributed by atoms with E-state index in [2.05, 4.69) is 4.72 Å². The predicted octanol–water partition coefficient (Wildman–Crippen LogP) is 2.17. The lowest BCUT2D eigenvalue weighted by atomic mass is 10.3. The second kappa shape index (κ2) is 8.26. The Hall–Kier alpha value is -1.85. The quantitative estimate of drug-likeness (QED) is 0.729. The monoisotopic (exact) mass is 446 g/mol. The van der Waals surface area contributed by atoms with Crippen molar-refractivity contribution in [2.75, 3.05) is 38.1 Å². The highest BCUT2D eigenvalue weighted by atomic mass is 35.5. The summed E-state index contributed by atoms with van der Waals surface area (Å²) in [5, 5.41) is 0.398. The van der Waals surface area contributed by atoms with Gasteiger partial charge in [-0.3, -0.25) is 4.72 Å². The van der Waals surface area contributed by atoms with Gasteiger partial charge in [-0.05, 0) is 42.5 Å². The Morgan fingerprint density at radius 3 is 2.21 bits per heavy atom. The molecule has 0 amide bonds. The summed E-state index contributed by atoms with van der Waals surface area (Å²) < 4.78 is 65.1. The lowest BCUT2D eigenvalue weighted by molar-refractivity contribution is 0.0730. The van der Waals surface area contributed by atoms with Gasteiger partial charge in [-0.25, -0.2) is 16.8 Å². The first-order valence-corrected chi connectivity index (χ1v) is 11.6. The van der Waals surface area contributed by atoms with Crippen LogP contribution in [-0.2, 0) is 24.8 Å². The van der Waals surface area contributed by atoms with E-state index in [1.807, 2.05) is 0 Å². The van der Waals surface area contributed by atoms with Crippen LogP contribution in [-0.4, -0.2) is 54.6 Å². The van der Waals surface area contributed by atoms with Gasteiger partial charge in [0, 0.05) is 18.1 Å². The van der Waals surface area contributed by atoms with Crippen LogP contribution < -0.4 is 9.46 Å². The van der Waals surface area contributed by atoms with E-state index < -0.39 is 20.0 Å². The first-order valence-electron chi connectivity index (χ1n) is 8.28. The number of methoxy groups -OCH3 is 1. The molecule has 28 heavy (non-hydrogen) atoms. The van der Waals surface area contributed by atoms with E-state index in [1.165, 1.54) is 53.9 Å². The highest BCUT2D eigenvalue weighted by Crippen LogP contribution is 2.31. The highest BCUT2D eigenvalue weighted by molar-refractivity contribution is 7.92. The molecule has 0 aliphatic carbocycles. The molecule has 2 aromatic rings. The van der Waals surface area contributed by atoms with Gasteiger partial charge in [-0.1, -0.05) is 11.6 Å². The van der Waals surface area contributed by atoms with Gasteiger partial charge in [0.25, 0.3) is 10.0 Å². The molecule has 0 saturated carbocycles. The summed E-state index contributed by atoms with van der Waals surface area (Å²) in [5.74, 6) is 0.193. The van der Waals surface area contributed by atoms with Gasteiger partial charge in [0.05, 0.1) is 35.8 Å². The summed E-state index contributed by atoms with van der Waals surface area (Å²) in [7, 11) is -6.39. The predicted molar refractivity (Wildman–Crippen MR) is 105 cm³/mol. The smallest absolute Gasteiger partial charge is 0.262 e. The maximum atomic E-state index is 12.8. The molecule has 2 aromatic carbocycles. The molecule has 0 spiro atoms. The van der Waals surface area contributed by atoms with Gasteiger partial charge >= 0.3 is 0 Å². The number of morpholine rings is 1. The summed E-state index contributed by atoms with van der Waals surface area (Å²) in [5.41, 5.74) is 0.0202. The number of anilines is 1. The average molecular weight is 447 g/mol. The van der Waals surface area contributed by atoms with Crippen molar-refractivity contribution in [1.82, 2.24) is 4.31 Å². The van der Waals surface area contributed by atoms with Gasteiger partial charge in [0.15, 0.2) is 0 Å². The summed E-state index contributed by atoms with van der Waals surface area (Å²) in [6.07, 6.45) is 0. The van der Waals surface area contributed by atoms with E-state index in [0.29, 0.717) is 18.2 Å². The van der Waals surface area contributed by atoms with Gasteiger partial charge in [-0.15, -0.1) is 0 Å². The molecule has 11 heteroatoms. The third-order valence-electron chi connectivity index (χ3n) is 4.15. The van der Waals surface area contributed by atoms with Crippen molar-refractivity contribution in [2.45, 2.75) is 9.79 Å². The van der Waals surface area contributed by atoms with Crippen LogP contribution in [0.5, 0.6) is 5.75 Å². The molecule has 3 rings (SSSR count). The Kier molecular flexibility index (Phi) is 6.15. The fraction of sp³-hybridized carbons (Fsp3) is 0.294. The van der Waals surface area contributed by atoms with E-state index in [-0.39, 0.29) is 34.3 Å². The number of hydrogen-bond donors (Lipinski definition) is 1. The lowest BCUT2D eigenvalue weighted by Gasteiger charge is -2.26. The molecule has 1 saturated heterocycles. The highest BCUT2D eigenvalue weighted by Gasteiger charge is 2.28. The molecule has 1 fully saturated rings. The minimum Gasteiger partial charge on any atom is -0.495 e. The minimum atomic E-state index is -3.97. The van der Waals surface area contributed by atoms with Crippen molar-refractivity contribution >= 4 is 37.3 Å². The molecule has 0 bridgehead atoms. The molecular weight excluding hydrogens is 428 g/mol.